The van der Waals surface area contributed by atoms with Crippen molar-refractivity contribution in [3.8, 4) is 11.5 Å². The molecule has 1 heterocycles. The zero-order valence-electron chi connectivity index (χ0n) is 17.7. The van der Waals surface area contributed by atoms with Crippen LogP contribution in [0.1, 0.15) is 54.7 Å². The van der Waals surface area contributed by atoms with Gasteiger partial charge in [-0.2, -0.15) is 0 Å². The number of carbonyl (C=O) groups is 2. The largest absolute Gasteiger partial charge is 0.493 e. The number of hydrogen-bond acceptors (Lipinski definition) is 4. The minimum Gasteiger partial charge on any atom is -0.493 e. The summed E-state index contributed by atoms with van der Waals surface area (Å²) in [6, 6.07) is 13.9. The van der Waals surface area contributed by atoms with Crippen LogP contribution in [0, 0.1) is 6.92 Å². The van der Waals surface area contributed by atoms with Crippen molar-refractivity contribution in [2.75, 3.05) is 13.7 Å². The van der Waals surface area contributed by atoms with Gasteiger partial charge in [-0.3, -0.25) is 9.59 Å². The quantitative estimate of drug-likeness (QED) is 0.800. The Morgan fingerprint density at radius 1 is 0.967 bits per heavy atom. The highest BCUT2D eigenvalue weighted by molar-refractivity contribution is 6.02. The molecule has 4 rings (SSSR count). The number of carbonyl (C=O) groups excluding carboxylic acids is 2. The molecule has 1 aliphatic carbocycles. The zero-order valence-corrected chi connectivity index (χ0v) is 17.7. The van der Waals surface area contributed by atoms with E-state index >= 15 is 0 Å². The van der Waals surface area contributed by atoms with Gasteiger partial charge in [0.15, 0.2) is 17.3 Å². The standard InChI is InChI=1S/C25H27NO4/c1-4-30-22-10-9-17(13-23(22)29-3)18-11-20-25(21(27)12-18)19(14-24(28)26-20)16-7-5-15(2)6-8-16/h5-10,13,18-19H,4,11-12,14H2,1-3H3,(H,26,28). The molecule has 0 spiro atoms. The third-order valence-electron chi connectivity index (χ3n) is 5.97. The first-order chi connectivity index (χ1) is 14.5. The minimum absolute atomic E-state index is 0.00195. The van der Waals surface area contributed by atoms with Crippen molar-refractivity contribution < 1.29 is 19.1 Å². The van der Waals surface area contributed by atoms with Crippen molar-refractivity contribution in [1.29, 1.82) is 0 Å². The third-order valence-corrected chi connectivity index (χ3v) is 5.97. The van der Waals surface area contributed by atoms with Crippen LogP contribution in [0.15, 0.2) is 53.7 Å². The molecule has 2 atom stereocenters. The molecule has 156 valence electrons. The van der Waals surface area contributed by atoms with Crippen molar-refractivity contribution in [2.24, 2.45) is 0 Å². The van der Waals surface area contributed by atoms with Gasteiger partial charge in [0.2, 0.25) is 5.91 Å². The number of methoxy groups -OCH3 is 1. The summed E-state index contributed by atoms with van der Waals surface area (Å²) in [5.74, 6) is 1.26. The van der Waals surface area contributed by atoms with Gasteiger partial charge in [0, 0.05) is 30.0 Å². The average Bonchev–Trinajstić information content (AvgIpc) is 2.73. The number of hydrogen-bond donors (Lipinski definition) is 1. The number of amides is 1. The van der Waals surface area contributed by atoms with Crippen LogP contribution in [0.25, 0.3) is 0 Å². The summed E-state index contributed by atoms with van der Waals surface area (Å²) in [6.07, 6.45) is 1.37. The molecular weight excluding hydrogens is 378 g/mol. The summed E-state index contributed by atoms with van der Waals surface area (Å²) in [5.41, 5.74) is 4.74. The molecule has 1 N–H and O–H groups in total. The number of benzene rings is 2. The van der Waals surface area contributed by atoms with Crippen LogP contribution in [0.3, 0.4) is 0 Å². The van der Waals surface area contributed by atoms with Crippen molar-refractivity contribution in [3.63, 3.8) is 0 Å². The van der Waals surface area contributed by atoms with Crippen molar-refractivity contribution in [2.45, 2.75) is 44.9 Å². The lowest BCUT2D eigenvalue weighted by atomic mass is 9.73. The van der Waals surface area contributed by atoms with Gasteiger partial charge in [0.05, 0.1) is 13.7 Å². The summed E-state index contributed by atoms with van der Waals surface area (Å²) < 4.78 is 11.1. The number of Topliss-reactive ketones (excluding diaryl/α,β-unsaturated/α-hetero) is 1. The molecule has 1 aliphatic heterocycles. The van der Waals surface area contributed by atoms with Gasteiger partial charge in [-0.15, -0.1) is 0 Å². The summed E-state index contributed by atoms with van der Waals surface area (Å²) in [6.45, 7) is 4.52. The Balaban J connectivity index is 1.66. The molecule has 0 bridgehead atoms. The maximum atomic E-state index is 13.2. The molecule has 2 aromatic rings. The van der Waals surface area contributed by atoms with E-state index in [0.29, 0.717) is 37.4 Å². The van der Waals surface area contributed by atoms with Gasteiger partial charge in [-0.1, -0.05) is 35.9 Å². The van der Waals surface area contributed by atoms with Crippen molar-refractivity contribution in [1.82, 2.24) is 5.32 Å². The highest BCUT2D eigenvalue weighted by Gasteiger charge is 2.38. The molecule has 2 aliphatic rings. The Bertz CT molecular complexity index is 1010. The second-order valence-corrected chi connectivity index (χ2v) is 7.98. The molecule has 0 aromatic heterocycles. The number of ether oxygens (including phenoxy) is 2. The fraction of sp³-hybridized carbons (Fsp3) is 0.360. The first kappa shape index (κ1) is 20.2. The van der Waals surface area contributed by atoms with E-state index in [0.717, 1.165) is 28.0 Å². The van der Waals surface area contributed by atoms with E-state index in [-0.39, 0.29) is 23.5 Å². The normalized spacial score (nSPS) is 21.2. The molecule has 0 saturated carbocycles. The molecular formula is C25H27NO4. The second kappa shape index (κ2) is 8.34. The predicted octanol–water partition coefficient (Wildman–Crippen LogP) is 4.41. The zero-order chi connectivity index (χ0) is 21.3. The molecule has 30 heavy (non-hydrogen) atoms. The lowest BCUT2D eigenvalue weighted by Crippen LogP contribution is -2.38. The molecule has 0 radical (unpaired) electrons. The van der Waals surface area contributed by atoms with E-state index in [1.165, 1.54) is 0 Å². The Hall–Kier alpha value is -3.08. The van der Waals surface area contributed by atoms with E-state index in [1.807, 2.05) is 56.3 Å². The molecule has 2 unspecified atom stereocenters. The van der Waals surface area contributed by atoms with E-state index in [2.05, 4.69) is 5.32 Å². The van der Waals surface area contributed by atoms with E-state index in [4.69, 9.17) is 9.47 Å². The van der Waals surface area contributed by atoms with Crippen LogP contribution in [-0.2, 0) is 9.59 Å². The maximum Gasteiger partial charge on any atom is 0.225 e. The Labute approximate surface area is 177 Å². The van der Waals surface area contributed by atoms with Gasteiger partial charge in [-0.05, 0) is 49.4 Å². The predicted molar refractivity (Wildman–Crippen MR) is 115 cm³/mol. The lowest BCUT2D eigenvalue weighted by Gasteiger charge is -2.34. The number of ketones is 1. The molecule has 1 amide bonds. The van der Waals surface area contributed by atoms with E-state index in [9.17, 15) is 9.59 Å². The van der Waals surface area contributed by atoms with Crippen LogP contribution >= 0.6 is 0 Å². The Kier molecular flexibility index (Phi) is 5.62. The number of allylic oxidation sites excluding steroid dienone is 2. The van der Waals surface area contributed by atoms with E-state index < -0.39 is 0 Å². The Morgan fingerprint density at radius 3 is 2.40 bits per heavy atom. The topological polar surface area (TPSA) is 64.6 Å². The summed E-state index contributed by atoms with van der Waals surface area (Å²) in [4.78, 5) is 25.7. The fourth-order valence-corrected chi connectivity index (χ4v) is 4.49. The number of aryl methyl sites for hydroxylation is 1. The van der Waals surface area contributed by atoms with Gasteiger partial charge in [0.1, 0.15) is 0 Å². The first-order valence-corrected chi connectivity index (χ1v) is 10.4. The second-order valence-electron chi connectivity index (χ2n) is 7.98. The fourth-order valence-electron chi connectivity index (χ4n) is 4.49. The highest BCUT2D eigenvalue weighted by atomic mass is 16.5. The SMILES string of the molecule is CCOc1ccc(C2CC(=O)C3=C(C2)NC(=O)CC3c2ccc(C)cc2)cc1OC. The monoisotopic (exact) mass is 405 g/mol. The molecule has 0 fully saturated rings. The summed E-state index contributed by atoms with van der Waals surface area (Å²) >= 11 is 0. The summed E-state index contributed by atoms with van der Waals surface area (Å²) in [5, 5.41) is 2.98. The first-order valence-electron chi connectivity index (χ1n) is 10.4. The number of rotatable bonds is 5. The Morgan fingerprint density at radius 2 is 1.70 bits per heavy atom. The lowest BCUT2D eigenvalue weighted by molar-refractivity contribution is -0.122. The minimum atomic E-state index is -0.169. The van der Waals surface area contributed by atoms with Crippen LogP contribution in [0.4, 0.5) is 0 Å². The summed E-state index contributed by atoms with van der Waals surface area (Å²) in [7, 11) is 1.61. The van der Waals surface area contributed by atoms with Crippen LogP contribution < -0.4 is 14.8 Å². The average molecular weight is 405 g/mol. The van der Waals surface area contributed by atoms with Gasteiger partial charge in [0.25, 0.3) is 0 Å². The number of nitrogens with one attached hydrogen (secondary N) is 1. The van der Waals surface area contributed by atoms with Gasteiger partial charge in [-0.25, -0.2) is 0 Å². The van der Waals surface area contributed by atoms with Gasteiger partial charge < -0.3 is 14.8 Å². The molecule has 5 nitrogen and oxygen atoms in total. The van der Waals surface area contributed by atoms with Crippen LogP contribution in [0.5, 0.6) is 11.5 Å². The van der Waals surface area contributed by atoms with Crippen LogP contribution in [-0.4, -0.2) is 25.4 Å². The smallest absolute Gasteiger partial charge is 0.225 e. The molecule has 5 heteroatoms. The van der Waals surface area contributed by atoms with E-state index in [1.54, 1.807) is 7.11 Å². The molecule has 2 aromatic carbocycles. The van der Waals surface area contributed by atoms with Gasteiger partial charge >= 0.3 is 0 Å². The van der Waals surface area contributed by atoms with Crippen molar-refractivity contribution in [3.05, 3.63) is 70.4 Å². The molecule has 0 saturated heterocycles. The van der Waals surface area contributed by atoms with Crippen LogP contribution in [0.2, 0.25) is 0 Å². The third kappa shape index (κ3) is 3.84. The maximum absolute atomic E-state index is 13.2. The van der Waals surface area contributed by atoms with Crippen molar-refractivity contribution >= 4 is 11.7 Å². The highest BCUT2D eigenvalue weighted by Crippen LogP contribution is 2.43.